The molecule has 1 atom stereocenters. The van der Waals surface area contributed by atoms with E-state index in [1.807, 2.05) is 38.1 Å². The Morgan fingerprint density at radius 1 is 1.33 bits per heavy atom. The molecule has 0 saturated carbocycles. The number of rotatable bonds is 8. The fourth-order valence-corrected chi connectivity index (χ4v) is 3.79. The summed E-state index contributed by atoms with van der Waals surface area (Å²) < 4.78 is 2.55. The van der Waals surface area contributed by atoms with Crippen LogP contribution in [0.1, 0.15) is 43.5 Å². The highest BCUT2D eigenvalue weighted by Crippen LogP contribution is 2.22. The molecule has 5 nitrogen and oxygen atoms in total. The number of aromatic nitrogens is 2. The van der Waals surface area contributed by atoms with Gasteiger partial charge in [0.15, 0.2) is 5.16 Å². The van der Waals surface area contributed by atoms with Crippen molar-refractivity contribution in [3.8, 4) is 0 Å². The average Bonchev–Trinajstić information content (AvgIpc) is 2.64. The molecule has 27 heavy (non-hydrogen) atoms. The molecule has 0 spiro atoms. The Kier molecular flexibility index (Phi) is 8.10. The molecule has 0 fully saturated rings. The fourth-order valence-electron chi connectivity index (χ4n) is 2.59. The quantitative estimate of drug-likeness (QED) is 0.376. The summed E-state index contributed by atoms with van der Waals surface area (Å²) in [5, 5.41) is 3.18. The number of hydrogen-bond donors (Lipinski definition) is 1. The van der Waals surface area contributed by atoms with Crippen LogP contribution in [0.5, 0.6) is 0 Å². The van der Waals surface area contributed by atoms with Crippen molar-refractivity contribution in [2.45, 2.75) is 50.4 Å². The Labute approximate surface area is 173 Å². The van der Waals surface area contributed by atoms with Gasteiger partial charge < -0.3 is 5.32 Å². The first-order valence-corrected chi connectivity index (χ1v) is 10.8. The van der Waals surface area contributed by atoms with Gasteiger partial charge in [-0.15, -0.1) is 0 Å². The molecule has 0 aliphatic carbocycles. The maximum Gasteiger partial charge on any atom is 0.257 e. The summed E-state index contributed by atoms with van der Waals surface area (Å²) in [6, 6.07) is 7.92. The Balaban J connectivity index is 2.17. The molecule has 1 unspecified atom stereocenters. The lowest BCUT2D eigenvalue weighted by Gasteiger charge is -2.15. The van der Waals surface area contributed by atoms with Gasteiger partial charge in [-0.3, -0.25) is 14.2 Å². The summed E-state index contributed by atoms with van der Waals surface area (Å²) >= 11 is 4.74. The predicted molar refractivity (Wildman–Crippen MR) is 114 cm³/mol. The van der Waals surface area contributed by atoms with Crippen LogP contribution in [0.15, 0.2) is 38.7 Å². The van der Waals surface area contributed by atoms with Crippen LogP contribution in [0.25, 0.3) is 0 Å². The van der Waals surface area contributed by atoms with Crippen molar-refractivity contribution in [2.75, 3.05) is 6.54 Å². The number of thioether (sulfide) groups is 1. The highest BCUT2D eigenvalue weighted by molar-refractivity contribution is 9.10. The van der Waals surface area contributed by atoms with Crippen molar-refractivity contribution in [3.63, 3.8) is 0 Å². The number of nitrogens with zero attached hydrogens (tertiary/aromatic N) is 2. The highest BCUT2D eigenvalue weighted by Gasteiger charge is 2.19. The van der Waals surface area contributed by atoms with E-state index in [9.17, 15) is 9.59 Å². The summed E-state index contributed by atoms with van der Waals surface area (Å²) in [7, 11) is 1.71. The van der Waals surface area contributed by atoms with Crippen molar-refractivity contribution in [3.05, 3.63) is 55.9 Å². The Hall–Kier alpha value is -1.60. The molecule has 2 rings (SSSR count). The van der Waals surface area contributed by atoms with Crippen LogP contribution in [-0.2, 0) is 18.3 Å². The van der Waals surface area contributed by atoms with Gasteiger partial charge in [-0.05, 0) is 38.0 Å². The lowest BCUT2D eigenvalue weighted by molar-refractivity contribution is -0.120. The molecule has 1 amide bonds. The molecule has 0 saturated heterocycles. The smallest absolute Gasteiger partial charge is 0.257 e. The molecule has 2 aromatic rings. The molecule has 1 aromatic carbocycles. The maximum atomic E-state index is 12.8. The van der Waals surface area contributed by atoms with E-state index >= 15 is 0 Å². The van der Waals surface area contributed by atoms with Crippen LogP contribution < -0.4 is 10.9 Å². The Morgan fingerprint density at radius 3 is 2.63 bits per heavy atom. The van der Waals surface area contributed by atoms with Crippen molar-refractivity contribution in [2.24, 2.45) is 7.05 Å². The number of nitrogens with one attached hydrogen (secondary N) is 1. The van der Waals surface area contributed by atoms with E-state index in [-0.39, 0.29) is 16.7 Å². The summed E-state index contributed by atoms with van der Waals surface area (Å²) in [5.41, 5.74) is 2.39. The van der Waals surface area contributed by atoms with Crippen LogP contribution in [-0.4, -0.2) is 27.3 Å². The molecule has 1 aromatic heterocycles. The minimum Gasteiger partial charge on any atom is -0.355 e. The summed E-state index contributed by atoms with van der Waals surface area (Å²) in [6.45, 7) is 6.45. The first kappa shape index (κ1) is 21.7. The van der Waals surface area contributed by atoms with Crippen LogP contribution in [0.2, 0.25) is 0 Å². The molecule has 0 radical (unpaired) electrons. The van der Waals surface area contributed by atoms with Gasteiger partial charge in [0.05, 0.1) is 5.25 Å². The average molecular weight is 452 g/mol. The van der Waals surface area contributed by atoms with Gasteiger partial charge in [0, 0.05) is 35.7 Å². The molecular weight excluding hydrogens is 426 g/mol. The van der Waals surface area contributed by atoms with Crippen molar-refractivity contribution >= 4 is 33.6 Å². The minimum atomic E-state index is -0.309. The Morgan fingerprint density at radius 2 is 2.00 bits per heavy atom. The SMILES string of the molecule is CCCCNC(=O)C(C)Sc1nc(C)c(Cc2ccc(Br)cc2)c(=O)n1C. The second-order valence-corrected chi connectivity index (χ2v) is 8.75. The van der Waals surface area contributed by atoms with E-state index in [0.717, 1.165) is 22.9 Å². The number of amides is 1. The number of halogens is 1. The largest absolute Gasteiger partial charge is 0.355 e. The van der Waals surface area contributed by atoms with Gasteiger partial charge in [-0.2, -0.15) is 0 Å². The third-order valence-corrected chi connectivity index (χ3v) is 6.00. The standard InChI is InChI=1S/C20H26BrN3O2S/c1-5-6-11-22-18(25)14(3)27-20-23-13(2)17(19(26)24(20)4)12-15-7-9-16(21)10-8-15/h7-10,14H,5-6,11-12H2,1-4H3,(H,22,25). The van der Waals surface area contributed by atoms with Gasteiger partial charge >= 0.3 is 0 Å². The molecule has 0 aliphatic heterocycles. The number of unbranched alkanes of at least 4 members (excludes halogenated alkanes) is 1. The first-order valence-electron chi connectivity index (χ1n) is 9.08. The lowest BCUT2D eigenvalue weighted by atomic mass is 10.1. The van der Waals surface area contributed by atoms with Crippen LogP contribution >= 0.6 is 27.7 Å². The molecule has 146 valence electrons. The topological polar surface area (TPSA) is 64.0 Å². The predicted octanol–water partition coefficient (Wildman–Crippen LogP) is 3.84. The zero-order valence-electron chi connectivity index (χ0n) is 16.2. The number of hydrogen-bond acceptors (Lipinski definition) is 4. The van der Waals surface area contributed by atoms with Gasteiger partial charge in [0.25, 0.3) is 5.56 Å². The number of carbonyl (C=O) groups is 1. The zero-order chi connectivity index (χ0) is 20.0. The van der Waals surface area contributed by atoms with E-state index in [2.05, 4.69) is 33.2 Å². The monoisotopic (exact) mass is 451 g/mol. The van der Waals surface area contributed by atoms with Gasteiger partial charge in [-0.25, -0.2) is 4.98 Å². The van der Waals surface area contributed by atoms with Crippen molar-refractivity contribution < 1.29 is 4.79 Å². The van der Waals surface area contributed by atoms with E-state index in [1.54, 1.807) is 11.6 Å². The normalized spacial score (nSPS) is 12.0. The van der Waals surface area contributed by atoms with Crippen molar-refractivity contribution in [1.29, 1.82) is 0 Å². The Bertz CT molecular complexity index is 850. The van der Waals surface area contributed by atoms with Crippen LogP contribution in [0.4, 0.5) is 0 Å². The summed E-state index contributed by atoms with van der Waals surface area (Å²) in [5.74, 6) is -0.0284. The molecule has 1 N–H and O–H groups in total. The van der Waals surface area contributed by atoms with E-state index in [1.165, 1.54) is 11.8 Å². The molecule has 1 heterocycles. The fraction of sp³-hybridized carbons (Fsp3) is 0.450. The van der Waals surface area contributed by atoms with E-state index in [0.29, 0.717) is 29.4 Å². The lowest BCUT2D eigenvalue weighted by Crippen LogP contribution is -2.33. The molecular formula is C20H26BrN3O2S. The van der Waals surface area contributed by atoms with Gasteiger partial charge in [0.1, 0.15) is 0 Å². The van der Waals surface area contributed by atoms with E-state index in [4.69, 9.17) is 0 Å². The number of carbonyl (C=O) groups excluding carboxylic acids is 1. The number of benzene rings is 1. The maximum absolute atomic E-state index is 12.8. The van der Waals surface area contributed by atoms with Crippen LogP contribution in [0, 0.1) is 6.92 Å². The first-order chi connectivity index (χ1) is 12.8. The minimum absolute atomic E-state index is 0.0284. The summed E-state index contributed by atoms with van der Waals surface area (Å²) in [6.07, 6.45) is 2.54. The third-order valence-electron chi connectivity index (χ3n) is 4.32. The zero-order valence-corrected chi connectivity index (χ0v) is 18.6. The molecule has 0 bridgehead atoms. The highest BCUT2D eigenvalue weighted by atomic mass is 79.9. The third kappa shape index (κ3) is 5.94. The van der Waals surface area contributed by atoms with Crippen molar-refractivity contribution in [1.82, 2.24) is 14.9 Å². The molecule has 0 aliphatic rings. The van der Waals surface area contributed by atoms with Gasteiger partial charge in [0.2, 0.25) is 5.91 Å². The number of aryl methyl sites for hydroxylation is 1. The van der Waals surface area contributed by atoms with Gasteiger partial charge in [-0.1, -0.05) is 53.2 Å². The van der Waals surface area contributed by atoms with E-state index < -0.39 is 0 Å². The second kappa shape index (κ2) is 10.1. The second-order valence-electron chi connectivity index (χ2n) is 6.53. The van der Waals surface area contributed by atoms with Crippen LogP contribution in [0.3, 0.4) is 0 Å². The molecule has 7 heteroatoms. The summed E-state index contributed by atoms with van der Waals surface area (Å²) in [4.78, 5) is 29.6.